The van der Waals surface area contributed by atoms with Crippen LogP contribution in [0.5, 0.6) is 23.0 Å². The fourth-order valence-corrected chi connectivity index (χ4v) is 3.61. The number of benzene rings is 3. The second-order valence-corrected chi connectivity index (χ2v) is 7.83. The number of nitro groups is 2. The highest BCUT2D eigenvalue weighted by Gasteiger charge is 2.37. The van der Waals surface area contributed by atoms with Gasteiger partial charge in [-0.15, -0.1) is 0 Å². The van der Waals surface area contributed by atoms with Gasteiger partial charge in [-0.2, -0.15) is 0 Å². The average molecular weight is 534 g/mol. The first-order chi connectivity index (χ1) is 18.6. The van der Waals surface area contributed by atoms with Crippen LogP contribution in [0.3, 0.4) is 0 Å². The first-order valence-electron chi connectivity index (χ1n) is 11.0. The van der Waals surface area contributed by atoms with Gasteiger partial charge in [0.15, 0.2) is 11.5 Å². The van der Waals surface area contributed by atoms with E-state index in [1.807, 2.05) is 0 Å². The monoisotopic (exact) mass is 534 g/mol. The minimum Gasteiger partial charge on any atom is -0.497 e. The van der Waals surface area contributed by atoms with Crippen LogP contribution in [-0.2, 0) is 9.59 Å². The lowest BCUT2D eigenvalue weighted by atomic mass is 10.1. The molecule has 3 aromatic carbocycles. The average Bonchev–Trinajstić information content (AvgIpc) is 2.91. The smallest absolute Gasteiger partial charge is 0.335 e. The van der Waals surface area contributed by atoms with E-state index < -0.39 is 39.1 Å². The Bertz CT molecular complexity index is 1550. The van der Waals surface area contributed by atoms with Gasteiger partial charge in [-0.3, -0.25) is 35.1 Å². The zero-order chi connectivity index (χ0) is 28.3. The number of anilines is 1. The van der Waals surface area contributed by atoms with Crippen LogP contribution >= 0.6 is 0 Å². The standard InChI is InChI=1S/C25H18N4O10/c1-37-17-7-4-15(5-8-17)27-24(31)18(23(30)26-25(27)32)11-14-3-9-21(22(12-14)38-2)39-20-10-6-16(28(33)34)13-19(20)29(35)36/h3-13H,1-2H3,(H,26,30,32). The fraction of sp³-hybridized carbons (Fsp3) is 0.0800. The molecular formula is C25H18N4O10. The fourth-order valence-electron chi connectivity index (χ4n) is 3.61. The number of nitro benzene ring substituents is 2. The molecule has 14 heteroatoms. The van der Waals surface area contributed by atoms with E-state index in [1.165, 1.54) is 50.6 Å². The molecular weight excluding hydrogens is 516 g/mol. The number of non-ortho nitro benzene ring substituents is 1. The third-order valence-corrected chi connectivity index (χ3v) is 5.50. The Labute approximate surface area is 219 Å². The third-order valence-electron chi connectivity index (χ3n) is 5.50. The van der Waals surface area contributed by atoms with Gasteiger partial charge in [0.25, 0.3) is 17.5 Å². The Kier molecular flexibility index (Phi) is 7.19. The number of ether oxygens (including phenoxy) is 3. The Balaban J connectivity index is 1.66. The van der Waals surface area contributed by atoms with Crippen molar-refractivity contribution in [3.63, 3.8) is 0 Å². The molecule has 198 valence electrons. The van der Waals surface area contributed by atoms with E-state index in [9.17, 15) is 34.6 Å². The molecule has 1 aliphatic rings. The summed E-state index contributed by atoms with van der Waals surface area (Å²) in [7, 11) is 2.76. The van der Waals surface area contributed by atoms with Gasteiger partial charge in [-0.25, -0.2) is 9.69 Å². The summed E-state index contributed by atoms with van der Waals surface area (Å²) in [4.78, 5) is 59.6. The molecule has 0 saturated carbocycles. The molecule has 0 aromatic heterocycles. The number of methoxy groups -OCH3 is 2. The number of nitrogens with one attached hydrogen (secondary N) is 1. The zero-order valence-corrected chi connectivity index (χ0v) is 20.3. The first kappa shape index (κ1) is 26.3. The second-order valence-electron chi connectivity index (χ2n) is 7.83. The lowest BCUT2D eigenvalue weighted by Crippen LogP contribution is -2.54. The van der Waals surface area contributed by atoms with Crippen LogP contribution < -0.4 is 24.4 Å². The number of barbiturate groups is 1. The topological polar surface area (TPSA) is 180 Å². The summed E-state index contributed by atoms with van der Waals surface area (Å²) in [6.07, 6.45) is 1.24. The van der Waals surface area contributed by atoms with Crippen molar-refractivity contribution in [2.45, 2.75) is 0 Å². The summed E-state index contributed by atoms with van der Waals surface area (Å²) in [5.74, 6) is -1.45. The molecule has 1 N–H and O–H groups in total. The molecule has 1 aliphatic heterocycles. The maximum Gasteiger partial charge on any atom is 0.335 e. The number of urea groups is 1. The van der Waals surface area contributed by atoms with Crippen molar-refractivity contribution >= 4 is 41.0 Å². The Morgan fingerprint density at radius 1 is 0.821 bits per heavy atom. The van der Waals surface area contributed by atoms with Crippen LogP contribution in [-0.4, -0.2) is 41.9 Å². The molecule has 0 aliphatic carbocycles. The Morgan fingerprint density at radius 3 is 2.13 bits per heavy atom. The van der Waals surface area contributed by atoms with Crippen LogP contribution in [0.4, 0.5) is 21.9 Å². The molecule has 14 nitrogen and oxygen atoms in total. The molecule has 39 heavy (non-hydrogen) atoms. The van der Waals surface area contributed by atoms with E-state index in [1.54, 1.807) is 12.1 Å². The van der Waals surface area contributed by atoms with E-state index >= 15 is 0 Å². The van der Waals surface area contributed by atoms with Gasteiger partial charge in [-0.1, -0.05) is 6.07 Å². The summed E-state index contributed by atoms with van der Waals surface area (Å²) < 4.78 is 16.0. The van der Waals surface area contributed by atoms with Crippen molar-refractivity contribution in [2.24, 2.45) is 0 Å². The van der Waals surface area contributed by atoms with Crippen LogP contribution in [0.15, 0.2) is 66.2 Å². The molecule has 0 radical (unpaired) electrons. The SMILES string of the molecule is COc1ccc(N2C(=O)NC(=O)C(=Cc3ccc(Oc4ccc([N+](=O)[O-])cc4[N+](=O)[O-])c(OC)c3)C2=O)cc1. The predicted molar refractivity (Wildman–Crippen MR) is 135 cm³/mol. The third kappa shape index (κ3) is 5.34. The van der Waals surface area contributed by atoms with Gasteiger partial charge in [0.1, 0.15) is 11.3 Å². The summed E-state index contributed by atoms with van der Waals surface area (Å²) >= 11 is 0. The number of nitrogens with zero attached hydrogens (tertiary/aromatic N) is 3. The molecule has 0 bridgehead atoms. The van der Waals surface area contributed by atoms with Crippen LogP contribution in [0, 0.1) is 20.2 Å². The predicted octanol–water partition coefficient (Wildman–Crippen LogP) is 3.98. The van der Waals surface area contributed by atoms with Crippen molar-refractivity contribution in [3.8, 4) is 23.0 Å². The Hall–Kier alpha value is -5.79. The van der Waals surface area contributed by atoms with E-state index in [2.05, 4.69) is 5.32 Å². The number of rotatable bonds is 8. The highest BCUT2D eigenvalue weighted by molar-refractivity contribution is 6.39. The Morgan fingerprint density at radius 2 is 1.51 bits per heavy atom. The highest BCUT2D eigenvalue weighted by Crippen LogP contribution is 2.38. The number of amides is 4. The summed E-state index contributed by atoms with van der Waals surface area (Å²) in [5, 5.41) is 24.5. The number of imide groups is 2. The van der Waals surface area contributed by atoms with Gasteiger partial charge >= 0.3 is 11.7 Å². The van der Waals surface area contributed by atoms with E-state index in [0.717, 1.165) is 23.1 Å². The quantitative estimate of drug-likeness (QED) is 0.192. The maximum absolute atomic E-state index is 13.1. The summed E-state index contributed by atoms with van der Waals surface area (Å²) in [5.41, 5.74) is -0.944. The molecule has 4 rings (SSSR count). The van der Waals surface area contributed by atoms with Crippen molar-refractivity contribution in [1.82, 2.24) is 5.32 Å². The normalized spacial score (nSPS) is 14.2. The van der Waals surface area contributed by atoms with Crippen LogP contribution in [0.1, 0.15) is 5.56 Å². The summed E-state index contributed by atoms with van der Waals surface area (Å²) in [6, 6.07) is 12.3. The van der Waals surface area contributed by atoms with Gasteiger partial charge < -0.3 is 14.2 Å². The minimum atomic E-state index is -0.918. The van der Waals surface area contributed by atoms with Crippen LogP contribution in [0.2, 0.25) is 0 Å². The molecule has 0 spiro atoms. The lowest BCUT2D eigenvalue weighted by molar-refractivity contribution is -0.394. The van der Waals surface area contributed by atoms with Gasteiger partial charge in [0.05, 0.1) is 35.8 Å². The van der Waals surface area contributed by atoms with E-state index in [0.29, 0.717) is 11.3 Å². The molecule has 1 fully saturated rings. The summed E-state index contributed by atoms with van der Waals surface area (Å²) in [6.45, 7) is 0. The van der Waals surface area contributed by atoms with Crippen LogP contribution in [0.25, 0.3) is 6.08 Å². The number of carbonyl (C=O) groups excluding carboxylic acids is 3. The van der Waals surface area contributed by atoms with Gasteiger partial charge in [0, 0.05) is 6.07 Å². The minimum absolute atomic E-state index is 0.0195. The molecule has 0 unspecified atom stereocenters. The highest BCUT2D eigenvalue weighted by atomic mass is 16.6. The van der Waals surface area contributed by atoms with Crippen molar-refractivity contribution in [1.29, 1.82) is 0 Å². The van der Waals surface area contributed by atoms with Crippen molar-refractivity contribution in [3.05, 3.63) is 92.0 Å². The maximum atomic E-state index is 13.1. The largest absolute Gasteiger partial charge is 0.497 e. The van der Waals surface area contributed by atoms with Gasteiger partial charge in [-0.05, 0) is 54.1 Å². The molecule has 3 aromatic rings. The van der Waals surface area contributed by atoms with Gasteiger partial charge in [0.2, 0.25) is 5.75 Å². The van der Waals surface area contributed by atoms with Crippen molar-refractivity contribution < 1.29 is 38.4 Å². The lowest BCUT2D eigenvalue weighted by Gasteiger charge is -2.26. The first-order valence-corrected chi connectivity index (χ1v) is 11.0. The zero-order valence-electron chi connectivity index (χ0n) is 20.3. The number of hydrogen-bond acceptors (Lipinski definition) is 10. The van der Waals surface area contributed by atoms with E-state index in [-0.39, 0.29) is 28.5 Å². The molecule has 1 saturated heterocycles. The number of carbonyl (C=O) groups is 3. The molecule has 1 heterocycles. The van der Waals surface area contributed by atoms with E-state index in [4.69, 9.17) is 14.2 Å². The molecule has 4 amide bonds. The molecule has 0 atom stereocenters. The van der Waals surface area contributed by atoms with Crippen molar-refractivity contribution in [2.75, 3.05) is 19.1 Å². The number of hydrogen-bond donors (Lipinski definition) is 1. The second kappa shape index (κ2) is 10.7.